The molecule has 6 nitrogen and oxygen atoms in total. The summed E-state index contributed by atoms with van der Waals surface area (Å²) < 4.78 is 9.39. The second-order valence-corrected chi connectivity index (χ2v) is 2.78. The maximum Gasteiger partial charge on any atom is 0.407 e. The first-order valence-corrected chi connectivity index (χ1v) is 4.35. The molecule has 0 heterocycles. The number of carboxylic acids is 1. The summed E-state index contributed by atoms with van der Waals surface area (Å²) in [6.07, 6.45) is 0.525. The van der Waals surface area contributed by atoms with Gasteiger partial charge in [-0.05, 0) is 0 Å². The predicted molar refractivity (Wildman–Crippen MR) is 52.6 cm³/mol. The summed E-state index contributed by atoms with van der Waals surface area (Å²) >= 11 is 0. The lowest BCUT2D eigenvalue weighted by Gasteiger charge is -2.15. The average molecular weight is 217 g/mol. The molecule has 0 aromatic carbocycles. The number of carbonyl (C=O) groups is 2. The molecule has 1 atom stereocenters. The first kappa shape index (κ1) is 13.4. The van der Waals surface area contributed by atoms with Crippen LogP contribution < -0.4 is 5.32 Å². The molecule has 0 aliphatic carbocycles. The zero-order chi connectivity index (χ0) is 11.7. The lowest BCUT2D eigenvalue weighted by Crippen LogP contribution is -2.39. The van der Waals surface area contributed by atoms with E-state index in [1.54, 1.807) is 0 Å². The smallest absolute Gasteiger partial charge is 0.407 e. The number of carboxylic acid groups (broad SMARTS) is 1. The van der Waals surface area contributed by atoms with E-state index in [2.05, 4.69) is 16.6 Å². The molecule has 6 heteroatoms. The second kappa shape index (κ2) is 7.81. The molecule has 0 aromatic heterocycles. The van der Waals surface area contributed by atoms with Crippen molar-refractivity contribution in [1.29, 1.82) is 0 Å². The van der Waals surface area contributed by atoms with Crippen molar-refractivity contribution in [3.05, 3.63) is 12.7 Å². The second-order valence-electron chi connectivity index (χ2n) is 2.78. The van der Waals surface area contributed by atoms with Crippen LogP contribution in [0.5, 0.6) is 0 Å². The zero-order valence-corrected chi connectivity index (χ0v) is 8.56. The van der Waals surface area contributed by atoms with E-state index in [0.717, 1.165) is 0 Å². The molecule has 0 saturated heterocycles. The molecule has 0 aromatic rings. The van der Waals surface area contributed by atoms with Crippen molar-refractivity contribution in [1.82, 2.24) is 5.32 Å². The van der Waals surface area contributed by atoms with Crippen molar-refractivity contribution in [2.45, 2.75) is 12.5 Å². The zero-order valence-electron chi connectivity index (χ0n) is 8.56. The van der Waals surface area contributed by atoms with Crippen molar-refractivity contribution >= 4 is 12.1 Å². The fourth-order valence-electron chi connectivity index (χ4n) is 0.907. The SMILES string of the molecule is C=CCOC(=O)N[C@@H](COC)CC(=O)O. The predicted octanol–water partition coefficient (Wildman–Crippen LogP) is 0.388. The molecule has 2 N–H and O–H groups in total. The van der Waals surface area contributed by atoms with E-state index in [1.165, 1.54) is 13.2 Å². The van der Waals surface area contributed by atoms with E-state index in [0.29, 0.717) is 0 Å². The number of rotatable bonds is 7. The van der Waals surface area contributed by atoms with Crippen LogP contribution in [0.1, 0.15) is 6.42 Å². The quantitative estimate of drug-likeness (QED) is 0.602. The van der Waals surface area contributed by atoms with Gasteiger partial charge in [-0.25, -0.2) is 4.79 Å². The number of alkyl carbamates (subject to hydrolysis) is 1. The van der Waals surface area contributed by atoms with Gasteiger partial charge >= 0.3 is 12.1 Å². The van der Waals surface area contributed by atoms with Gasteiger partial charge in [0.25, 0.3) is 0 Å². The van der Waals surface area contributed by atoms with Crippen molar-refractivity contribution < 1.29 is 24.2 Å². The molecule has 0 bridgehead atoms. The van der Waals surface area contributed by atoms with Gasteiger partial charge in [-0.3, -0.25) is 4.79 Å². The van der Waals surface area contributed by atoms with E-state index >= 15 is 0 Å². The van der Waals surface area contributed by atoms with Gasteiger partial charge in [0.15, 0.2) is 0 Å². The maximum absolute atomic E-state index is 11.0. The third kappa shape index (κ3) is 7.51. The van der Waals surface area contributed by atoms with Crippen molar-refractivity contribution in [2.75, 3.05) is 20.3 Å². The number of hydrogen-bond donors (Lipinski definition) is 2. The van der Waals surface area contributed by atoms with Crippen LogP contribution in [-0.2, 0) is 14.3 Å². The number of ether oxygens (including phenoxy) is 2. The van der Waals surface area contributed by atoms with Gasteiger partial charge in [0.1, 0.15) is 6.61 Å². The van der Waals surface area contributed by atoms with Crippen LogP contribution in [0.25, 0.3) is 0 Å². The highest BCUT2D eigenvalue weighted by atomic mass is 16.5. The molecule has 86 valence electrons. The number of amides is 1. The largest absolute Gasteiger partial charge is 0.481 e. The Kier molecular flexibility index (Phi) is 7.00. The van der Waals surface area contributed by atoms with E-state index in [9.17, 15) is 9.59 Å². The number of hydrogen-bond acceptors (Lipinski definition) is 4. The minimum atomic E-state index is -1.01. The van der Waals surface area contributed by atoms with E-state index in [1.807, 2.05) is 0 Å². The van der Waals surface area contributed by atoms with Crippen LogP contribution in [0.4, 0.5) is 4.79 Å². The van der Waals surface area contributed by atoms with E-state index in [-0.39, 0.29) is 19.6 Å². The summed E-state index contributed by atoms with van der Waals surface area (Å²) in [4.78, 5) is 21.5. The fourth-order valence-corrected chi connectivity index (χ4v) is 0.907. The van der Waals surface area contributed by atoms with Gasteiger partial charge < -0.3 is 19.9 Å². The third-order valence-corrected chi connectivity index (χ3v) is 1.44. The van der Waals surface area contributed by atoms with Crippen LogP contribution >= 0.6 is 0 Å². The molecule has 15 heavy (non-hydrogen) atoms. The van der Waals surface area contributed by atoms with Crippen molar-refractivity contribution in [3.63, 3.8) is 0 Å². The molecular weight excluding hydrogens is 202 g/mol. The Labute approximate surface area is 87.9 Å². The first-order chi connectivity index (χ1) is 7.10. The molecule has 0 unspecified atom stereocenters. The lowest BCUT2D eigenvalue weighted by atomic mass is 10.2. The molecule has 0 saturated carbocycles. The Balaban J connectivity index is 3.97. The van der Waals surface area contributed by atoms with Crippen LogP contribution in [-0.4, -0.2) is 43.5 Å². The lowest BCUT2D eigenvalue weighted by molar-refractivity contribution is -0.137. The van der Waals surface area contributed by atoms with Crippen LogP contribution in [0, 0.1) is 0 Å². The Morgan fingerprint density at radius 1 is 1.60 bits per heavy atom. The minimum absolute atomic E-state index is 0.0820. The monoisotopic (exact) mass is 217 g/mol. The maximum atomic E-state index is 11.0. The Morgan fingerprint density at radius 3 is 2.73 bits per heavy atom. The van der Waals surface area contributed by atoms with E-state index in [4.69, 9.17) is 9.84 Å². The van der Waals surface area contributed by atoms with Gasteiger partial charge in [0.2, 0.25) is 0 Å². The van der Waals surface area contributed by atoms with Gasteiger partial charge in [0.05, 0.1) is 19.1 Å². The first-order valence-electron chi connectivity index (χ1n) is 4.35. The van der Waals surface area contributed by atoms with Crippen molar-refractivity contribution in [2.24, 2.45) is 0 Å². The number of methoxy groups -OCH3 is 1. The van der Waals surface area contributed by atoms with E-state index < -0.39 is 18.1 Å². The van der Waals surface area contributed by atoms with Crippen molar-refractivity contribution in [3.8, 4) is 0 Å². The van der Waals surface area contributed by atoms with Crippen LogP contribution in [0.2, 0.25) is 0 Å². The normalized spacial score (nSPS) is 11.5. The fraction of sp³-hybridized carbons (Fsp3) is 0.556. The standard InChI is InChI=1S/C9H15NO5/c1-3-4-15-9(13)10-7(6-14-2)5-8(11)12/h3,7H,1,4-6H2,2H3,(H,10,13)(H,11,12)/t7-/m1/s1. The van der Waals surface area contributed by atoms with Crippen LogP contribution in [0.15, 0.2) is 12.7 Å². The molecule has 1 amide bonds. The highest BCUT2D eigenvalue weighted by molar-refractivity contribution is 5.71. The highest BCUT2D eigenvalue weighted by Crippen LogP contribution is 1.94. The third-order valence-electron chi connectivity index (χ3n) is 1.44. The Hall–Kier alpha value is -1.56. The highest BCUT2D eigenvalue weighted by Gasteiger charge is 2.16. The summed E-state index contributed by atoms with van der Waals surface area (Å²) in [6.45, 7) is 3.58. The van der Waals surface area contributed by atoms with Gasteiger partial charge in [-0.2, -0.15) is 0 Å². The molecule has 0 aliphatic heterocycles. The molecule has 0 spiro atoms. The summed E-state index contributed by atoms with van der Waals surface area (Å²) in [7, 11) is 1.42. The number of nitrogens with one attached hydrogen (secondary N) is 1. The molecular formula is C9H15NO5. The topological polar surface area (TPSA) is 84.9 Å². The minimum Gasteiger partial charge on any atom is -0.481 e. The number of aliphatic carboxylic acids is 1. The summed E-state index contributed by atoms with van der Waals surface area (Å²) in [5.41, 5.74) is 0. The Bertz CT molecular complexity index is 229. The summed E-state index contributed by atoms with van der Waals surface area (Å²) in [5, 5.41) is 10.9. The molecule has 0 fully saturated rings. The average Bonchev–Trinajstić information content (AvgIpc) is 2.14. The molecule has 0 rings (SSSR count). The van der Waals surface area contributed by atoms with Gasteiger partial charge in [-0.1, -0.05) is 12.7 Å². The summed E-state index contributed by atoms with van der Waals surface area (Å²) in [6, 6.07) is -0.593. The van der Waals surface area contributed by atoms with Gasteiger partial charge in [-0.15, -0.1) is 0 Å². The summed E-state index contributed by atoms with van der Waals surface area (Å²) in [5.74, 6) is -1.01. The molecule has 0 aliphatic rings. The van der Waals surface area contributed by atoms with Gasteiger partial charge in [0, 0.05) is 7.11 Å². The molecule has 0 radical (unpaired) electrons. The Morgan fingerprint density at radius 2 is 2.27 bits per heavy atom. The van der Waals surface area contributed by atoms with Crippen LogP contribution in [0.3, 0.4) is 0 Å². The number of carbonyl (C=O) groups excluding carboxylic acids is 1.